The molecule has 0 saturated heterocycles. The lowest BCUT2D eigenvalue weighted by Crippen LogP contribution is -2.28. The van der Waals surface area contributed by atoms with Crippen molar-refractivity contribution in [3.05, 3.63) is 66.0 Å². The number of hydrogen-bond donors (Lipinski definition) is 2. The number of nitrogens with one attached hydrogen (secondary N) is 2. The highest BCUT2D eigenvalue weighted by Crippen LogP contribution is 2.33. The van der Waals surface area contributed by atoms with E-state index in [0.717, 1.165) is 41.2 Å². The summed E-state index contributed by atoms with van der Waals surface area (Å²) in [5, 5.41) is 10.6. The Morgan fingerprint density at radius 3 is 2.75 bits per heavy atom. The molecule has 0 radical (unpaired) electrons. The van der Waals surface area contributed by atoms with Gasteiger partial charge in [-0.2, -0.15) is 5.10 Å². The van der Waals surface area contributed by atoms with E-state index in [9.17, 15) is 4.79 Å². The number of pyridine rings is 1. The van der Waals surface area contributed by atoms with E-state index in [4.69, 9.17) is 5.10 Å². The zero-order chi connectivity index (χ0) is 19.3. The smallest absolute Gasteiger partial charge is 0.319 e. The quantitative estimate of drug-likeness (QED) is 0.679. The Bertz CT molecular complexity index is 945. The Labute approximate surface area is 165 Å². The lowest BCUT2D eigenvalue weighted by Gasteiger charge is -2.13. The fraction of sp³-hybridized carbons (Fsp3) is 0.318. The number of amides is 2. The number of urea groups is 1. The number of aromatic nitrogens is 3. The molecular formula is C22H25N5O. The van der Waals surface area contributed by atoms with Crippen LogP contribution in [0.4, 0.5) is 10.5 Å². The molecule has 3 aromatic rings. The van der Waals surface area contributed by atoms with Crippen LogP contribution in [0.2, 0.25) is 0 Å². The highest BCUT2D eigenvalue weighted by Gasteiger charge is 2.22. The summed E-state index contributed by atoms with van der Waals surface area (Å²) in [4.78, 5) is 16.7. The van der Waals surface area contributed by atoms with Gasteiger partial charge in [-0.15, -0.1) is 0 Å². The summed E-state index contributed by atoms with van der Waals surface area (Å²) < 4.78 is 2.10. The van der Waals surface area contributed by atoms with Gasteiger partial charge in [0.1, 0.15) is 0 Å². The predicted molar refractivity (Wildman–Crippen MR) is 110 cm³/mol. The molecule has 0 atom stereocenters. The molecule has 0 unspecified atom stereocenters. The van der Waals surface area contributed by atoms with Gasteiger partial charge >= 0.3 is 6.03 Å². The van der Waals surface area contributed by atoms with E-state index in [1.165, 1.54) is 12.8 Å². The summed E-state index contributed by atoms with van der Waals surface area (Å²) in [6, 6.07) is 15.9. The first-order valence-corrected chi connectivity index (χ1v) is 9.80. The zero-order valence-electron chi connectivity index (χ0n) is 16.1. The molecule has 1 aliphatic carbocycles. The van der Waals surface area contributed by atoms with Gasteiger partial charge in [0.2, 0.25) is 0 Å². The van der Waals surface area contributed by atoms with E-state index in [2.05, 4.69) is 20.3 Å². The van der Waals surface area contributed by atoms with E-state index in [1.54, 1.807) is 6.20 Å². The average molecular weight is 375 g/mol. The molecule has 1 fully saturated rings. The highest BCUT2D eigenvalue weighted by molar-refractivity contribution is 5.89. The third-order valence-electron chi connectivity index (χ3n) is 5.09. The van der Waals surface area contributed by atoms with Gasteiger partial charge in [-0.25, -0.2) is 4.79 Å². The fourth-order valence-corrected chi connectivity index (χ4v) is 3.73. The van der Waals surface area contributed by atoms with Crippen LogP contribution in [0.3, 0.4) is 0 Å². The second-order valence-electron chi connectivity index (χ2n) is 7.30. The van der Waals surface area contributed by atoms with Crippen molar-refractivity contribution >= 4 is 11.7 Å². The molecule has 2 N–H and O–H groups in total. The van der Waals surface area contributed by atoms with E-state index in [1.807, 2.05) is 55.5 Å². The molecule has 2 amide bonds. The van der Waals surface area contributed by atoms with Crippen LogP contribution in [0.25, 0.3) is 11.4 Å². The number of benzene rings is 1. The first kappa shape index (κ1) is 18.2. The summed E-state index contributed by atoms with van der Waals surface area (Å²) in [5.41, 5.74) is 4.66. The molecule has 0 bridgehead atoms. The van der Waals surface area contributed by atoms with Gasteiger partial charge in [0, 0.05) is 11.9 Å². The molecular weight excluding hydrogens is 350 g/mol. The summed E-state index contributed by atoms with van der Waals surface area (Å²) in [5.74, 6) is 0. The monoisotopic (exact) mass is 375 g/mol. The molecule has 144 valence electrons. The van der Waals surface area contributed by atoms with Crippen LogP contribution in [-0.2, 0) is 6.54 Å². The van der Waals surface area contributed by atoms with Gasteiger partial charge < -0.3 is 10.6 Å². The maximum Gasteiger partial charge on any atom is 0.319 e. The molecule has 1 aromatic carbocycles. The third-order valence-corrected chi connectivity index (χ3v) is 5.09. The van der Waals surface area contributed by atoms with Gasteiger partial charge in [0.15, 0.2) is 0 Å². The minimum atomic E-state index is -0.236. The molecule has 6 heteroatoms. The molecule has 4 rings (SSSR count). The summed E-state index contributed by atoms with van der Waals surface area (Å²) in [6.45, 7) is 2.37. The largest absolute Gasteiger partial charge is 0.332 e. The predicted octanol–water partition coefficient (Wildman–Crippen LogP) is 4.69. The zero-order valence-corrected chi connectivity index (χ0v) is 16.1. The molecule has 2 aromatic heterocycles. The molecule has 6 nitrogen and oxygen atoms in total. The Hall–Kier alpha value is -3.15. The number of hydrogen-bond acceptors (Lipinski definition) is 3. The first-order valence-electron chi connectivity index (χ1n) is 9.80. The topological polar surface area (TPSA) is 71.8 Å². The van der Waals surface area contributed by atoms with Gasteiger partial charge in [0.25, 0.3) is 0 Å². The first-order chi connectivity index (χ1) is 13.7. The SMILES string of the molecule is Cc1cccc(NC(=O)NCc2cc(-c3ccccn3)n(C3CCCC3)n2)c1. The lowest BCUT2D eigenvalue weighted by molar-refractivity contribution is 0.251. The summed E-state index contributed by atoms with van der Waals surface area (Å²) in [7, 11) is 0. The van der Waals surface area contributed by atoms with Crippen molar-refractivity contribution in [2.45, 2.75) is 45.2 Å². The van der Waals surface area contributed by atoms with Gasteiger partial charge in [-0.3, -0.25) is 9.67 Å². The third kappa shape index (κ3) is 4.22. The standard InChI is InChI=1S/C22H25N5O/c1-16-7-6-8-17(13-16)25-22(28)24-15-18-14-21(20-11-4-5-12-23-20)27(26-18)19-9-2-3-10-19/h4-8,11-14,19H,2-3,9-10,15H2,1H3,(H2,24,25,28). The summed E-state index contributed by atoms with van der Waals surface area (Å²) >= 11 is 0. The van der Waals surface area contributed by atoms with Gasteiger partial charge in [-0.05, 0) is 55.7 Å². The number of carbonyl (C=O) groups is 1. The minimum absolute atomic E-state index is 0.236. The maximum absolute atomic E-state index is 12.2. The highest BCUT2D eigenvalue weighted by atomic mass is 16.2. The van der Waals surface area contributed by atoms with Crippen molar-refractivity contribution in [3.8, 4) is 11.4 Å². The van der Waals surface area contributed by atoms with E-state index in [-0.39, 0.29) is 6.03 Å². The fourth-order valence-electron chi connectivity index (χ4n) is 3.73. The second kappa shape index (κ2) is 8.25. The molecule has 28 heavy (non-hydrogen) atoms. The Morgan fingerprint density at radius 1 is 1.14 bits per heavy atom. The summed E-state index contributed by atoms with van der Waals surface area (Å²) in [6.07, 6.45) is 6.55. The Morgan fingerprint density at radius 2 is 2.00 bits per heavy atom. The number of carbonyl (C=O) groups excluding carboxylic acids is 1. The van der Waals surface area contributed by atoms with Crippen LogP contribution in [0.1, 0.15) is 43.0 Å². The van der Waals surface area contributed by atoms with Crippen molar-refractivity contribution in [2.75, 3.05) is 5.32 Å². The van der Waals surface area contributed by atoms with Gasteiger partial charge in [-0.1, -0.05) is 31.0 Å². The molecule has 0 spiro atoms. The number of aryl methyl sites for hydroxylation is 1. The van der Waals surface area contributed by atoms with Crippen LogP contribution in [0, 0.1) is 6.92 Å². The Kier molecular flexibility index (Phi) is 5.37. The normalized spacial score (nSPS) is 14.2. The molecule has 0 aliphatic heterocycles. The Balaban J connectivity index is 1.48. The van der Waals surface area contributed by atoms with Crippen LogP contribution in [-0.4, -0.2) is 20.8 Å². The van der Waals surface area contributed by atoms with Gasteiger partial charge in [0.05, 0.1) is 29.7 Å². The molecule has 2 heterocycles. The van der Waals surface area contributed by atoms with Crippen LogP contribution >= 0.6 is 0 Å². The molecule has 1 aliphatic rings. The van der Waals surface area contributed by atoms with Crippen molar-refractivity contribution < 1.29 is 4.79 Å². The lowest BCUT2D eigenvalue weighted by atomic mass is 10.2. The van der Waals surface area contributed by atoms with Crippen molar-refractivity contribution in [2.24, 2.45) is 0 Å². The number of nitrogens with zero attached hydrogens (tertiary/aromatic N) is 3. The van der Waals surface area contributed by atoms with Crippen LogP contribution in [0.5, 0.6) is 0 Å². The number of anilines is 1. The minimum Gasteiger partial charge on any atom is -0.332 e. The van der Waals surface area contributed by atoms with E-state index in [0.29, 0.717) is 12.6 Å². The molecule has 1 saturated carbocycles. The van der Waals surface area contributed by atoms with E-state index < -0.39 is 0 Å². The average Bonchev–Trinajstić information content (AvgIpc) is 3.37. The van der Waals surface area contributed by atoms with Crippen molar-refractivity contribution in [1.29, 1.82) is 0 Å². The number of rotatable bonds is 5. The van der Waals surface area contributed by atoms with Crippen molar-refractivity contribution in [1.82, 2.24) is 20.1 Å². The van der Waals surface area contributed by atoms with Crippen LogP contribution in [0.15, 0.2) is 54.7 Å². The van der Waals surface area contributed by atoms with E-state index >= 15 is 0 Å². The van der Waals surface area contributed by atoms with Crippen LogP contribution < -0.4 is 10.6 Å². The maximum atomic E-state index is 12.2. The second-order valence-corrected chi connectivity index (χ2v) is 7.30. The van der Waals surface area contributed by atoms with Crippen molar-refractivity contribution in [3.63, 3.8) is 0 Å².